The minimum absolute atomic E-state index is 0.0664. The summed E-state index contributed by atoms with van der Waals surface area (Å²) < 4.78 is 6.69. The number of aromatic nitrogens is 2. The fourth-order valence-corrected chi connectivity index (χ4v) is 4.63. The molecule has 2 amide bonds. The molecular formula is C24H31N5O5. The van der Waals surface area contributed by atoms with Gasteiger partial charge in [0.05, 0.1) is 13.7 Å². The van der Waals surface area contributed by atoms with Crippen LogP contribution < -0.4 is 26.2 Å². The van der Waals surface area contributed by atoms with Gasteiger partial charge in [-0.25, -0.2) is 4.79 Å². The van der Waals surface area contributed by atoms with E-state index in [4.69, 9.17) is 4.74 Å². The zero-order valence-corrected chi connectivity index (χ0v) is 19.5. The molecule has 0 bridgehead atoms. The molecule has 2 N–H and O–H groups in total. The Kier molecular flexibility index (Phi) is 7.34. The van der Waals surface area contributed by atoms with Crippen molar-refractivity contribution in [3.63, 3.8) is 0 Å². The number of hydrogen-bond acceptors (Lipinski definition) is 6. The lowest BCUT2D eigenvalue weighted by molar-refractivity contribution is -0.133. The van der Waals surface area contributed by atoms with E-state index in [0.717, 1.165) is 30.0 Å². The molecular weight excluding hydrogens is 438 g/mol. The van der Waals surface area contributed by atoms with Crippen molar-refractivity contribution in [1.29, 1.82) is 0 Å². The molecule has 1 aliphatic heterocycles. The molecule has 0 saturated carbocycles. The van der Waals surface area contributed by atoms with Gasteiger partial charge in [-0.1, -0.05) is 0 Å². The molecule has 10 nitrogen and oxygen atoms in total. The highest BCUT2D eigenvalue weighted by Crippen LogP contribution is 2.20. The van der Waals surface area contributed by atoms with Crippen molar-refractivity contribution in [3.8, 4) is 5.75 Å². The molecule has 1 saturated heterocycles. The second-order valence-corrected chi connectivity index (χ2v) is 8.64. The Balaban J connectivity index is 1.24. The molecule has 10 heteroatoms. The Morgan fingerprint density at radius 2 is 1.74 bits per heavy atom. The molecule has 2 aromatic rings. The molecule has 1 aliphatic carbocycles. The number of H-pyrrole nitrogens is 1. The number of hydrogen-bond donors (Lipinski definition) is 2. The number of amides is 2. The van der Waals surface area contributed by atoms with Gasteiger partial charge in [-0.15, -0.1) is 0 Å². The van der Waals surface area contributed by atoms with Gasteiger partial charge in [0.15, 0.2) is 0 Å². The average molecular weight is 470 g/mol. The van der Waals surface area contributed by atoms with Gasteiger partial charge in [-0.2, -0.15) is 0 Å². The van der Waals surface area contributed by atoms with Crippen LogP contribution in [0.15, 0.2) is 33.9 Å². The lowest BCUT2D eigenvalue weighted by atomic mass is 9.97. The van der Waals surface area contributed by atoms with Gasteiger partial charge in [0.2, 0.25) is 11.8 Å². The molecule has 4 rings (SSSR count). The lowest BCUT2D eigenvalue weighted by Crippen LogP contribution is -2.51. The Hall–Kier alpha value is -3.56. The summed E-state index contributed by atoms with van der Waals surface area (Å²) in [5.41, 5.74) is 1.66. The number of rotatable bonds is 7. The van der Waals surface area contributed by atoms with Crippen LogP contribution in [0.2, 0.25) is 0 Å². The number of ether oxygens (including phenoxy) is 1. The van der Waals surface area contributed by atoms with Crippen molar-refractivity contribution in [3.05, 3.63) is 56.4 Å². The molecule has 0 radical (unpaired) electrons. The number of fused-ring (bicyclic) bond motifs is 1. The summed E-state index contributed by atoms with van der Waals surface area (Å²) in [4.78, 5) is 55.5. The number of piperazine rings is 1. The number of benzene rings is 1. The Bertz CT molecular complexity index is 1150. The van der Waals surface area contributed by atoms with Crippen LogP contribution in [0.3, 0.4) is 0 Å². The summed E-state index contributed by atoms with van der Waals surface area (Å²) in [7, 11) is 1.63. The molecule has 2 heterocycles. The van der Waals surface area contributed by atoms with Crippen LogP contribution in [0.1, 0.15) is 30.5 Å². The lowest BCUT2D eigenvalue weighted by Gasteiger charge is -2.36. The van der Waals surface area contributed by atoms with Crippen LogP contribution in [0.25, 0.3) is 0 Å². The zero-order valence-electron chi connectivity index (χ0n) is 19.5. The molecule has 182 valence electrons. The first-order valence-corrected chi connectivity index (χ1v) is 11.7. The van der Waals surface area contributed by atoms with Gasteiger partial charge >= 0.3 is 5.69 Å². The van der Waals surface area contributed by atoms with Gasteiger partial charge in [0.1, 0.15) is 5.75 Å². The number of aromatic amines is 1. The second-order valence-electron chi connectivity index (χ2n) is 8.64. The van der Waals surface area contributed by atoms with E-state index in [1.54, 1.807) is 12.0 Å². The van der Waals surface area contributed by atoms with E-state index >= 15 is 0 Å². The highest BCUT2D eigenvalue weighted by Gasteiger charge is 2.22. The normalized spacial score (nSPS) is 15.6. The number of nitrogens with zero attached hydrogens (tertiary/aromatic N) is 3. The van der Waals surface area contributed by atoms with Crippen molar-refractivity contribution < 1.29 is 14.3 Å². The third-order valence-electron chi connectivity index (χ3n) is 6.57. The maximum absolute atomic E-state index is 12.6. The van der Waals surface area contributed by atoms with Crippen molar-refractivity contribution >= 4 is 17.5 Å². The standard InChI is InChI=1S/C24H31N5O5/c1-34-18-8-6-17(7-9-18)27-12-14-28(15-13-27)22(31)16-25-21(30)10-11-29-20-5-3-2-4-19(20)23(32)26-24(29)33/h6-9H,2-5,10-16H2,1H3,(H,25,30)(H,26,32,33). The van der Waals surface area contributed by atoms with Gasteiger partial charge in [0.25, 0.3) is 5.56 Å². The van der Waals surface area contributed by atoms with Crippen molar-refractivity contribution in [2.24, 2.45) is 0 Å². The number of nitrogens with one attached hydrogen (secondary N) is 2. The Labute approximate surface area is 197 Å². The number of methoxy groups -OCH3 is 1. The van der Waals surface area contributed by atoms with Crippen LogP contribution in [0, 0.1) is 0 Å². The SMILES string of the molecule is COc1ccc(N2CCN(C(=O)CNC(=O)CCn3c4c(c(=O)[nH]c3=O)CCCC4)CC2)cc1. The third kappa shape index (κ3) is 5.32. The molecule has 1 aromatic heterocycles. The minimum Gasteiger partial charge on any atom is -0.497 e. The van der Waals surface area contributed by atoms with Gasteiger partial charge in [-0.3, -0.25) is 23.9 Å². The Morgan fingerprint density at radius 1 is 1.03 bits per heavy atom. The highest BCUT2D eigenvalue weighted by molar-refractivity contribution is 5.84. The fourth-order valence-electron chi connectivity index (χ4n) is 4.63. The molecule has 0 unspecified atom stereocenters. The van der Waals surface area contributed by atoms with Gasteiger partial charge in [0, 0.05) is 56.1 Å². The van der Waals surface area contributed by atoms with E-state index in [1.807, 2.05) is 24.3 Å². The van der Waals surface area contributed by atoms with Gasteiger partial charge < -0.3 is 19.9 Å². The summed E-state index contributed by atoms with van der Waals surface area (Å²) in [6, 6.07) is 7.83. The number of carbonyl (C=O) groups excluding carboxylic acids is 2. The largest absolute Gasteiger partial charge is 0.497 e. The number of carbonyl (C=O) groups is 2. The average Bonchev–Trinajstić information content (AvgIpc) is 2.87. The maximum atomic E-state index is 12.6. The smallest absolute Gasteiger partial charge is 0.328 e. The first kappa shape index (κ1) is 23.6. The molecule has 2 aliphatic rings. The topological polar surface area (TPSA) is 117 Å². The first-order valence-electron chi connectivity index (χ1n) is 11.7. The molecule has 34 heavy (non-hydrogen) atoms. The fraction of sp³-hybridized carbons (Fsp3) is 0.500. The quantitative estimate of drug-likeness (QED) is 0.602. The van der Waals surface area contributed by atoms with E-state index in [2.05, 4.69) is 15.2 Å². The minimum atomic E-state index is -0.482. The van der Waals surface area contributed by atoms with Crippen LogP contribution in [0.5, 0.6) is 5.75 Å². The van der Waals surface area contributed by atoms with E-state index in [-0.39, 0.29) is 36.9 Å². The van der Waals surface area contributed by atoms with Crippen molar-refractivity contribution in [1.82, 2.24) is 19.8 Å². The summed E-state index contributed by atoms with van der Waals surface area (Å²) in [6.07, 6.45) is 3.22. The van der Waals surface area contributed by atoms with Gasteiger partial charge in [-0.05, 0) is 49.9 Å². The van der Waals surface area contributed by atoms with Crippen LogP contribution in [0.4, 0.5) is 5.69 Å². The Morgan fingerprint density at radius 3 is 2.44 bits per heavy atom. The van der Waals surface area contributed by atoms with E-state index in [9.17, 15) is 19.2 Å². The summed E-state index contributed by atoms with van der Waals surface area (Å²) in [5.74, 6) is 0.382. The molecule has 0 atom stereocenters. The number of anilines is 1. The van der Waals surface area contributed by atoms with Crippen LogP contribution >= 0.6 is 0 Å². The predicted molar refractivity (Wildman–Crippen MR) is 127 cm³/mol. The van der Waals surface area contributed by atoms with E-state index in [1.165, 1.54) is 4.57 Å². The van der Waals surface area contributed by atoms with E-state index < -0.39 is 5.69 Å². The zero-order chi connectivity index (χ0) is 24.1. The monoisotopic (exact) mass is 469 g/mol. The third-order valence-corrected chi connectivity index (χ3v) is 6.57. The molecule has 0 spiro atoms. The maximum Gasteiger partial charge on any atom is 0.328 e. The summed E-state index contributed by atoms with van der Waals surface area (Å²) >= 11 is 0. The van der Waals surface area contributed by atoms with Crippen LogP contribution in [-0.4, -0.2) is 66.1 Å². The predicted octanol–water partition coefficient (Wildman–Crippen LogP) is 0.279. The second kappa shape index (κ2) is 10.6. The molecule has 1 aromatic carbocycles. The summed E-state index contributed by atoms with van der Waals surface area (Å²) in [6.45, 7) is 2.70. The highest BCUT2D eigenvalue weighted by atomic mass is 16.5. The van der Waals surface area contributed by atoms with Crippen molar-refractivity contribution in [2.75, 3.05) is 44.7 Å². The van der Waals surface area contributed by atoms with E-state index in [0.29, 0.717) is 44.6 Å². The first-order chi connectivity index (χ1) is 16.5. The van der Waals surface area contributed by atoms with Crippen molar-refractivity contribution in [2.45, 2.75) is 38.6 Å². The molecule has 1 fully saturated rings. The summed E-state index contributed by atoms with van der Waals surface area (Å²) in [5, 5.41) is 2.67. The van der Waals surface area contributed by atoms with Crippen LogP contribution in [-0.2, 0) is 29.0 Å².